The summed E-state index contributed by atoms with van der Waals surface area (Å²) in [5.74, 6) is -1.55. The summed E-state index contributed by atoms with van der Waals surface area (Å²) in [5, 5.41) is 11.7. The molecular formula is C35H33FN2O4. The Kier molecular flexibility index (Phi) is 6.05. The van der Waals surface area contributed by atoms with E-state index in [1.165, 1.54) is 13.8 Å². The number of fused-ring (bicyclic) bond motifs is 2. The first-order chi connectivity index (χ1) is 20.2. The highest BCUT2D eigenvalue weighted by atomic mass is 19.1. The van der Waals surface area contributed by atoms with Crippen LogP contribution >= 0.6 is 0 Å². The zero-order valence-electron chi connectivity index (χ0n) is 23.9. The largest absolute Gasteiger partial charge is 0.396 e. The highest BCUT2D eigenvalue weighted by Crippen LogP contribution is 2.59. The van der Waals surface area contributed by atoms with Gasteiger partial charge >= 0.3 is 0 Å². The molecule has 4 aromatic rings. The normalized spacial score (nSPS) is 24.8. The molecule has 0 aromatic heterocycles. The molecule has 4 aromatic carbocycles. The van der Waals surface area contributed by atoms with Gasteiger partial charge in [-0.15, -0.1) is 0 Å². The molecule has 3 heterocycles. The van der Waals surface area contributed by atoms with Crippen LogP contribution in [0.25, 0.3) is 10.8 Å². The third-order valence-electron chi connectivity index (χ3n) is 9.36. The van der Waals surface area contributed by atoms with Gasteiger partial charge in [0.2, 0.25) is 0 Å². The molecule has 2 amide bonds. The Balaban J connectivity index is 1.40. The topological polar surface area (TPSA) is 70.1 Å². The molecule has 3 aliphatic heterocycles. The summed E-state index contributed by atoms with van der Waals surface area (Å²) in [4.78, 5) is 31.8. The maximum absolute atomic E-state index is 15.8. The van der Waals surface area contributed by atoms with Gasteiger partial charge in [-0.05, 0) is 61.5 Å². The number of ether oxygens (including phenoxy) is 1. The van der Waals surface area contributed by atoms with E-state index in [0.29, 0.717) is 29.0 Å². The number of hydrogen-bond donors (Lipinski definition) is 1. The highest BCUT2D eigenvalue weighted by molar-refractivity contribution is 6.28. The molecule has 3 aliphatic rings. The lowest BCUT2D eigenvalue weighted by atomic mass is 9.71. The molecule has 7 heteroatoms. The predicted octanol–water partition coefficient (Wildman–Crippen LogP) is 6.66. The van der Waals surface area contributed by atoms with Crippen LogP contribution in [-0.4, -0.2) is 35.3 Å². The van der Waals surface area contributed by atoms with Crippen molar-refractivity contribution in [2.45, 2.75) is 51.1 Å². The minimum Gasteiger partial charge on any atom is -0.396 e. The summed E-state index contributed by atoms with van der Waals surface area (Å²) >= 11 is 0. The molecule has 0 unspecified atom stereocenters. The molecule has 42 heavy (non-hydrogen) atoms. The Bertz CT molecular complexity index is 1730. The molecule has 1 spiro atoms. The average molecular weight is 565 g/mol. The summed E-state index contributed by atoms with van der Waals surface area (Å²) in [7, 11) is 0. The summed E-state index contributed by atoms with van der Waals surface area (Å²) in [6, 6.07) is 26.9. The quantitative estimate of drug-likeness (QED) is 0.285. The van der Waals surface area contributed by atoms with Crippen molar-refractivity contribution in [3.63, 3.8) is 0 Å². The predicted molar refractivity (Wildman–Crippen MR) is 161 cm³/mol. The van der Waals surface area contributed by atoms with Crippen molar-refractivity contribution in [1.82, 2.24) is 0 Å². The number of carbonyl (C=O) groups excluding carboxylic acids is 2. The molecule has 7 rings (SSSR count). The van der Waals surface area contributed by atoms with E-state index in [1.54, 1.807) is 9.80 Å². The Morgan fingerprint density at radius 2 is 1.69 bits per heavy atom. The SMILES string of the molecule is C[C@@H]1[C@@H](C(C)(C)F)[C@H](CCO)O[C@@]12C(=O)N(Cc1ccccc1)c1ccc(N3C(=O)c4cccc5cccc3c45)cc12. The van der Waals surface area contributed by atoms with E-state index in [9.17, 15) is 14.7 Å². The number of carbonyl (C=O) groups is 2. The monoisotopic (exact) mass is 564 g/mol. The van der Waals surface area contributed by atoms with Crippen molar-refractivity contribution in [1.29, 1.82) is 0 Å². The van der Waals surface area contributed by atoms with Crippen LogP contribution < -0.4 is 9.80 Å². The lowest BCUT2D eigenvalue weighted by Gasteiger charge is -2.32. The van der Waals surface area contributed by atoms with Crippen LogP contribution in [0.15, 0.2) is 84.9 Å². The molecule has 4 atom stereocenters. The Morgan fingerprint density at radius 3 is 2.40 bits per heavy atom. The zero-order valence-corrected chi connectivity index (χ0v) is 23.9. The number of benzene rings is 4. The standard InChI is InChI=1S/C35H33FN2O4/c1-21-31(34(2,3)36)29(17-18-39)42-35(21)26-19-24(15-16-27(26)37(33(35)41)20-22-9-5-4-6-10-22)38-28-14-8-12-23-11-7-13-25(30(23)28)32(38)40/h4-16,19,21,29,31,39H,17-18,20H2,1-3H3/t21-,29+,31-,35+/m1/s1. The molecular weight excluding hydrogens is 531 g/mol. The Hall–Kier alpha value is -4.07. The second-order valence-electron chi connectivity index (χ2n) is 12.2. The van der Waals surface area contributed by atoms with E-state index in [2.05, 4.69) is 0 Å². The van der Waals surface area contributed by atoms with Gasteiger partial charge in [0.05, 0.1) is 29.6 Å². The number of halogens is 1. The second-order valence-corrected chi connectivity index (χ2v) is 12.2. The third-order valence-corrected chi connectivity index (χ3v) is 9.36. The lowest BCUT2D eigenvalue weighted by molar-refractivity contribution is -0.146. The molecule has 214 valence electrons. The summed E-state index contributed by atoms with van der Waals surface area (Å²) < 4.78 is 22.5. The summed E-state index contributed by atoms with van der Waals surface area (Å²) in [6.07, 6.45) is -0.443. The van der Waals surface area contributed by atoms with Gasteiger partial charge in [0.15, 0.2) is 5.60 Å². The molecule has 0 aliphatic carbocycles. The Morgan fingerprint density at radius 1 is 0.952 bits per heavy atom. The van der Waals surface area contributed by atoms with Gasteiger partial charge in [-0.1, -0.05) is 61.5 Å². The van der Waals surface area contributed by atoms with Crippen molar-refractivity contribution in [3.8, 4) is 0 Å². The molecule has 0 saturated carbocycles. The average Bonchev–Trinajstić information content (AvgIpc) is 3.52. The van der Waals surface area contributed by atoms with Crippen LogP contribution in [0.5, 0.6) is 0 Å². The maximum Gasteiger partial charge on any atom is 0.264 e. The van der Waals surface area contributed by atoms with E-state index in [-0.39, 0.29) is 24.8 Å². The van der Waals surface area contributed by atoms with E-state index in [4.69, 9.17) is 4.74 Å². The number of alkyl halides is 1. The van der Waals surface area contributed by atoms with Gasteiger partial charge in [-0.2, -0.15) is 0 Å². The minimum atomic E-state index is -1.66. The first-order valence-corrected chi connectivity index (χ1v) is 14.5. The fraction of sp³-hybridized carbons (Fsp3) is 0.314. The summed E-state index contributed by atoms with van der Waals surface area (Å²) in [6.45, 7) is 5.05. The molecule has 1 saturated heterocycles. The second kappa shape index (κ2) is 9.48. The van der Waals surface area contributed by atoms with Crippen molar-refractivity contribution in [2.75, 3.05) is 16.4 Å². The first kappa shape index (κ1) is 26.8. The number of nitrogens with zero attached hydrogens (tertiary/aromatic N) is 2. The van der Waals surface area contributed by atoms with Crippen LogP contribution in [0.2, 0.25) is 0 Å². The van der Waals surface area contributed by atoms with E-state index in [0.717, 1.165) is 22.0 Å². The number of aliphatic hydroxyl groups excluding tert-OH is 1. The molecule has 0 radical (unpaired) electrons. The number of amides is 2. The van der Waals surface area contributed by atoms with E-state index < -0.39 is 29.2 Å². The molecule has 1 N–H and O–H groups in total. The van der Waals surface area contributed by atoms with Gasteiger partial charge in [-0.3, -0.25) is 14.5 Å². The van der Waals surface area contributed by atoms with E-state index >= 15 is 4.39 Å². The highest BCUT2D eigenvalue weighted by Gasteiger charge is 2.66. The van der Waals surface area contributed by atoms with Gasteiger partial charge < -0.3 is 14.7 Å². The van der Waals surface area contributed by atoms with Crippen LogP contribution in [-0.2, 0) is 21.7 Å². The number of aliphatic hydroxyl groups is 1. The maximum atomic E-state index is 15.8. The molecule has 1 fully saturated rings. The fourth-order valence-corrected chi connectivity index (χ4v) is 7.67. The smallest absolute Gasteiger partial charge is 0.264 e. The lowest BCUT2D eigenvalue weighted by Crippen LogP contribution is -2.45. The van der Waals surface area contributed by atoms with Crippen molar-refractivity contribution in [3.05, 3.63) is 102 Å². The van der Waals surface area contributed by atoms with Crippen LogP contribution in [0.3, 0.4) is 0 Å². The number of rotatable bonds is 6. The number of hydrogen-bond acceptors (Lipinski definition) is 4. The van der Waals surface area contributed by atoms with E-state index in [1.807, 2.05) is 91.9 Å². The zero-order chi connectivity index (χ0) is 29.4. The van der Waals surface area contributed by atoms with Crippen molar-refractivity contribution < 1.29 is 23.8 Å². The fourth-order valence-electron chi connectivity index (χ4n) is 7.67. The first-order valence-electron chi connectivity index (χ1n) is 14.5. The Labute approximate surface area is 244 Å². The van der Waals surface area contributed by atoms with Crippen LogP contribution in [0.4, 0.5) is 21.5 Å². The molecule has 0 bridgehead atoms. The van der Waals surface area contributed by atoms with Crippen molar-refractivity contribution >= 4 is 39.6 Å². The van der Waals surface area contributed by atoms with Gasteiger partial charge in [0.25, 0.3) is 11.8 Å². The van der Waals surface area contributed by atoms with Gasteiger partial charge in [0, 0.05) is 35.1 Å². The van der Waals surface area contributed by atoms with Gasteiger partial charge in [0.1, 0.15) is 5.67 Å². The van der Waals surface area contributed by atoms with Crippen molar-refractivity contribution in [2.24, 2.45) is 11.8 Å². The minimum absolute atomic E-state index is 0.137. The van der Waals surface area contributed by atoms with Gasteiger partial charge in [-0.25, -0.2) is 4.39 Å². The number of anilines is 3. The van der Waals surface area contributed by atoms with Crippen LogP contribution in [0, 0.1) is 11.8 Å². The van der Waals surface area contributed by atoms with Crippen LogP contribution in [0.1, 0.15) is 48.7 Å². The third kappa shape index (κ3) is 3.69. The summed E-state index contributed by atoms with van der Waals surface area (Å²) in [5.41, 5.74) is 1.18. The molecule has 6 nitrogen and oxygen atoms in total.